The van der Waals surface area contributed by atoms with Crippen LogP contribution in [0.5, 0.6) is 0 Å². The Kier molecular flexibility index (Phi) is 9.76. The molecule has 0 spiro atoms. The predicted octanol–water partition coefficient (Wildman–Crippen LogP) is 3.48. The highest BCUT2D eigenvalue weighted by atomic mass is 35.5. The summed E-state index contributed by atoms with van der Waals surface area (Å²) in [5.74, 6) is 0.725. The number of carbonyl (C=O) groups is 2. The van der Waals surface area contributed by atoms with Crippen LogP contribution in [0.3, 0.4) is 0 Å². The molecule has 2 rings (SSSR count). The number of nitrogens with one attached hydrogen (secondary N) is 1. The second-order valence-electron chi connectivity index (χ2n) is 6.78. The summed E-state index contributed by atoms with van der Waals surface area (Å²) in [6, 6.07) is 7.87. The molecule has 0 bridgehead atoms. The number of unbranched alkanes of at least 4 members (excludes halogenated alkanes) is 1. The molecule has 1 N–H and O–H groups in total. The summed E-state index contributed by atoms with van der Waals surface area (Å²) >= 11 is 0. The lowest BCUT2D eigenvalue weighted by Gasteiger charge is -2.16. The van der Waals surface area contributed by atoms with E-state index in [1.807, 2.05) is 36.2 Å². The topological polar surface area (TPSA) is 49.4 Å². The van der Waals surface area contributed by atoms with Gasteiger partial charge in [0.25, 0.3) is 0 Å². The summed E-state index contributed by atoms with van der Waals surface area (Å²) in [5, 5.41) is 3.17. The third-order valence-corrected chi connectivity index (χ3v) is 4.79. The molecule has 1 amide bonds. The minimum Gasteiger partial charge on any atom is -0.342 e. The molecule has 1 unspecified atom stereocenters. The first-order valence-corrected chi connectivity index (χ1v) is 9.18. The molecular weight excluding hydrogens is 336 g/mol. The summed E-state index contributed by atoms with van der Waals surface area (Å²) in [6.45, 7) is 4.77. The molecule has 0 radical (unpaired) electrons. The lowest BCUT2D eigenvalue weighted by Crippen LogP contribution is -2.30. The van der Waals surface area contributed by atoms with Gasteiger partial charge in [-0.25, -0.2) is 0 Å². The molecule has 0 aliphatic carbocycles. The van der Waals surface area contributed by atoms with Gasteiger partial charge in [0, 0.05) is 31.5 Å². The number of hydrogen-bond donors (Lipinski definition) is 1. The molecule has 1 aliphatic rings. The quantitative estimate of drug-likeness (QED) is 0.680. The van der Waals surface area contributed by atoms with Crippen LogP contribution < -0.4 is 5.32 Å². The Hall–Kier alpha value is -1.39. The van der Waals surface area contributed by atoms with Gasteiger partial charge >= 0.3 is 0 Å². The van der Waals surface area contributed by atoms with E-state index in [0.717, 1.165) is 38.0 Å². The van der Waals surface area contributed by atoms with Crippen LogP contribution >= 0.6 is 12.4 Å². The minimum absolute atomic E-state index is 0. The van der Waals surface area contributed by atoms with E-state index in [-0.39, 0.29) is 24.1 Å². The number of rotatable bonds is 9. The molecule has 1 fully saturated rings. The van der Waals surface area contributed by atoms with Gasteiger partial charge < -0.3 is 10.2 Å². The van der Waals surface area contributed by atoms with Gasteiger partial charge in [0.1, 0.15) is 0 Å². The molecule has 1 aromatic carbocycles. The second-order valence-corrected chi connectivity index (χ2v) is 6.78. The number of likely N-dealkylation sites (tertiary alicyclic amines) is 1. The van der Waals surface area contributed by atoms with Crippen molar-refractivity contribution in [1.29, 1.82) is 0 Å². The van der Waals surface area contributed by atoms with E-state index in [1.54, 1.807) is 0 Å². The number of nitrogens with zero attached hydrogens (tertiary/aromatic N) is 1. The van der Waals surface area contributed by atoms with Gasteiger partial charge in [-0.2, -0.15) is 0 Å². The first kappa shape index (κ1) is 21.7. The molecule has 5 heteroatoms. The van der Waals surface area contributed by atoms with Crippen molar-refractivity contribution >= 4 is 24.1 Å². The summed E-state index contributed by atoms with van der Waals surface area (Å²) in [7, 11) is 1.94. The molecule has 25 heavy (non-hydrogen) atoms. The first-order valence-electron chi connectivity index (χ1n) is 9.18. The zero-order valence-corrected chi connectivity index (χ0v) is 16.2. The van der Waals surface area contributed by atoms with E-state index < -0.39 is 0 Å². The van der Waals surface area contributed by atoms with Crippen molar-refractivity contribution in [3.05, 3.63) is 35.4 Å². The number of amides is 1. The Labute approximate surface area is 157 Å². The molecule has 0 aromatic heterocycles. The van der Waals surface area contributed by atoms with Gasteiger partial charge in [0.15, 0.2) is 5.78 Å². The zero-order valence-electron chi connectivity index (χ0n) is 15.4. The molecule has 0 saturated carbocycles. The molecule has 1 heterocycles. The smallest absolute Gasteiger partial charge is 0.223 e. The number of ketones is 1. The molecular formula is C20H31ClN2O2. The summed E-state index contributed by atoms with van der Waals surface area (Å²) < 4.78 is 0. The number of aryl methyl sites for hydroxylation is 1. The lowest BCUT2D eigenvalue weighted by molar-refractivity contribution is -0.130. The van der Waals surface area contributed by atoms with Crippen LogP contribution in [-0.2, 0) is 11.2 Å². The average Bonchev–Trinajstić information content (AvgIpc) is 3.07. The Morgan fingerprint density at radius 3 is 2.56 bits per heavy atom. The van der Waals surface area contributed by atoms with E-state index in [9.17, 15) is 9.59 Å². The zero-order chi connectivity index (χ0) is 17.4. The van der Waals surface area contributed by atoms with Gasteiger partial charge in [0.2, 0.25) is 5.91 Å². The highest BCUT2D eigenvalue weighted by molar-refractivity contribution is 5.98. The van der Waals surface area contributed by atoms with Crippen LogP contribution in [0.1, 0.15) is 54.9 Å². The monoisotopic (exact) mass is 366 g/mol. The van der Waals surface area contributed by atoms with Crippen molar-refractivity contribution < 1.29 is 9.59 Å². The largest absolute Gasteiger partial charge is 0.342 e. The van der Waals surface area contributed by atoms with E-state index in [2.05, 4.69) is 12.2 Å². The Bertz CT molecular complexity index is 545. The maximum absolute atomic E-state index is 12.3. The predicted molar refractivity (Wildman–Crippen MR) is 104 cm³/mol. The number of carbonyl (C=O) groups excluding carboxylic acids is 2. The van der Waals surface area contributed by atoms with Gasteiger partial charge in [-0.05, 0) is 44.3 Å². The fourth-order valence-electron chi connectivity index (χ4n) is 3.28. The molecule has 1 aliphatic heterocycles. The molecule has 4 nitrogen and oxygen atoms in total. The van der Waals surface area contributed by atoms with Crippen LogP contribution in [0.2, 0.25) is 0 Å². The van der Waals surface area contributed by atoms with Crippen molar-refractivity contribution in [3.63, 3.8) is 0 Å². The van der Waals surface area contributed by atoms with E-state index in [1.165, 1.54) is 18.4 Å². The third-order valence-electron chi connectivity index (χ3n) is 4.79. The van der Waals surface area contributed by atoms with Gasteiger partial charge in [0.05, 0.1) is 0 Å². The average molecular weight is 367 g/mol. The van der Waals surface area contributed by atoms with Crippen molar-refractivity contribution in [1.82, 2.24) is 10.2 Å². The van der Waals surface area contributed by atoms with Gasteiger partial charge in [-0.15, -0.1) is 12.4 Å². The Balaban J connectivity index is 0.00000312. The fraction of sp³-hybridized carbons (Fsp3) is 0.600. The third kappa shape index (κ3) is 6.79. The number of halogens is 1. The van der Waals surface area contributed by atoms with E-state index >= 15 is 0 Å². The fourth-order valence-corrected chi connectivity index (χ4v) is 3.28. The Morgan fingerprint density at radius 2 is 1.92 bits per heavy atom. The van der Waals surface area contributed by atoms with Crippen molar-refractivity contribution in [3.8, 4) is 0 Å². The van der Waals surface area contributed by atoms with Crippen molar-refractivity contribution in [2.24, 2.45) is 5.92 Å². The van der Waals surface area contributed by atoms with Crippen LogP contribution in [0.4, 0.5) is 0 Å². The Morgan fingerprint density at radius 1 is 1.20 bits per heavy atom. The molecule has 1 saturated heterocycles. The maximum Gasteiger partial charge on any atom is 0.223 e. The number of benzene rings is 1. The standard InChI is InChI=1S/C20H30N2O2.ClH/c1-3-4-5-16-6-8-18(9-7-16)19(23)10-11-20(24)22-13-12-17(15-22)14-21-2;/h6-9,17,21H,3-5,10-15H2,1-2H3;1H. The van der Waals surface area contributed by atoms with E-state index in [0.29, 0.717) is 18.8 Å². The second kappa shape index (κ2) is 11.3. The summed E-state index contributed by atoms with van der Waals surface area (Å²) in [4.78, 5) is 26.4. The lowest BCUT2D eigenvalue weighted by atomic mass is 10.0. The molecule has 1 aromatic rings. The van der Waals surface area contributed by atoms with Crippen LogP contribution in [-0.4, -0.2) is 43.3 Å². The summed E-state index contributed by atoms with van der Waals surface area (Å²) in [6.07, 6.45) is 5.09. The highest BCUT2D eigenvalue weighted by Gasteiger charge is 2.25. The van der Waals surface area contributed by atoms with E-state index in [4.69, 9.17) is 0 Å². The highest BCUT2D eigenvalue weighted by Crippen LogP contribution is 2.17. The van der Waals surface area contributed by atoms with Crippen molar-refractivity contribution in [2.45, 2.75) is 45.4 Å². The summed E-state index contributed by atoms with van der Waals surface area (Å²) in [5.41, 5.74) is 2.00. The molecule has 1 atom stereocenters. The van der Waals surface area contributed by atoms with Crippen LogP contribution in [0.25, 0.3) is 0 Å². The van der Waals surface area contributed by atoms with Crippen LogP contribution in [0, 0.1) is 5.92 Å². The SMILES string of the molecule is CCCCc1ccc(C(=O)CCC(=O)N2CCC(CNC)C2)cc1.Cl. The van der Waals surface area contributed by atoms with Crippen LogP contribution in [0.15, 0.2) is 24.3 Å². The normalized spacial score (nSPS) is 16.6. The number of Topliss-reactive ketones (excluding diaryl/α,β-unsaturated/α-hetero) is 1. The van der Waals surface area contributed by atoms with Gasteiger partial charge in [-0.1, -0.05) is 37.6 Å². The first-order chi connectivity index (χ1) is 11.6. The maximum atomic E-state index is 12.3. The number of hydrogen-bond acceptors (Lipinski definition) is 3. The minimum atomic E-state index is 0. The van der Waals surface area contributed by atoms with Gasteiger partial charge in [-0.3, -0.25) is 9.59 Å². The van der Waals surface area contributed by atoms with Crippen molar-refractivity contribution in [2.75, 3.05) is 26.7 Å². The molecule has 140 valence electrons.